The molecule has 1 atom stereocenters. The van der Waals surface area contributed by atoms with Crippen LogP contribution in [0.15, 0.2) is 18.2 Å². The molecule has 1 unspecified atom stereocenters. The van der Waals surface area contributed by atoms with Gasteiger partial charge < -0.3 is 19.9 Å². The van der Waals surface area contributed by atoms with E-state index >= 15 is 0 Å². The van der Waals surface area contributed by atoms with Crippen LogP contribution < -0.4 is 5.32 Å². The van der Waals surface area contributed by atoms with Crippen LogP contribution in [0.4, 0.5) is 8.78 Å². The van der Waals surface area contributed by atoms with Gasteiger partial charge in [0.05, 0.1) is 18.8 Å². The van der Waals surface area contributed by atoms with Crippen molar-refractivity contribution in [2.75, 3.05) is 45.9 Å². The standard InChI is InChI=1S/C16H19F2N3O3.ClH/c17-11-1-2-12(13(18)9-11)15(22)20-4-6-21(7-5-20)16(23)14-10-24-8-3-19-14;/h1-2,9,14,19H,3-8,10H2;1H. The summed E-state index contributed by atoms with van der Waals surface area (Å²) in [6.45, 7) is 2.97. The summed E-state index contributed by atoms with van der Waals surface area (Å²) < 4.78 is 32.0. The zero-order chi connectivity index (χ0) is 17.1. The fraction of sp³-hybridized carbons (Fsp3) is 0.500. The zero-order valence-electron chi connectivity index (χ0n) is 13.5. The Kier molecular flexibility index (Phi) is 6.69. The normalized spacial score (nSPS) is 20.8. The second-order valence-corrected chi connectivity index (χ2v) is 5.82. The lowest BCUT2D eigenvalue weighted by molar-refractivity contribution is -0.137. The van der Waals surface area contributed by atoms with E-state index in [-0.39, 0.29) is 29.9 Å². The highest BCUT2D eigenvalue weighted by Crippen LogP contribution is 2.14. The van der Waals surface area contributed by atoms with Crippen molar-refractivity contribution in [3.63, 3.8) is 0 Å². The van der Waals surface area contributed by atoms with Crippen LogP contribution in [0.1, 0.15) is 10.4 Å². The molecule has 2 fully saturated rings. The predicted molar refractivity (Wildman–Crippen MR) is 88.7 cm³/mol. The third-order valence-electron chi connectivity index (χ3n) is 4.26. The fourth-order valence-electron chi connectivity index (χ4n) is 2.91. The molecule has 9 heteroatoms. The maximum atomic E-state index is 13.7. The van der Waals surface area contributed by atoms with Gasteiger partial charge in [0.15, 0.2) is 0 Å². The van der Waals surface area contributed by atoms with E-state index in [2.05, 4.69) is 5.32 Å². The molecule has 0 saturated carbocycles. The minimum absolute atomic E-state index is 0. The summed E-state index contributed by atoms with van der Waals surface area (Å²) in [5, 5.41) is 3.11. The number of nitrogens with one attached hydrogen (secondary N) is 1. The number of hydrogen-bond acceptors (Lipinski definition) is 4. The number of amides is 2. The van der Waals surface area contributed by atoms with E-state index in [1.165, 1.54) is 4.90 Å². The van der Waals surface area contributed by atoms with Gasteiger partial charge in [-0.3, -0.25) is 9.59 Å². The molecular formula is C16H20ClF2N3O3. The predicted octanol–water partition coefficient (Wildman–Crippen LogP) is 0.659. The molecule has 0 radical (unpaired) electrons. The number of halogens is 3. The molecular weight excluding hydrogens is 356 g/mol. The molecule has 2 aliphatic heterocycles. The van der Waals surface area contributed by atoms with Gasteiger partial charge in [0.2, 0.25) is 5.91 Å². The van der Waals surface area contributed by atoms with Crippen LogP contribution >= 0.6 is 12.4 Å². The van der Waals surface area contributed by atoms with E-state index in [4.69, 9.17) is 4.74 Å². The molecule has 0 aromatic heterocycles. The lowest BCUT2D eigenvalue weighted by atomic mass is 10.1. The van der Waals surface area contributed by atoms with E-state index in [9.17, 15) is 18.4 Å². The molecule has 0 aliphatic carbocycles. The first-order valence-corrected chi connectivity index (χ1v) is 7.90. The van der Waals surface area contributed by atoms with Crippen LogP contribution in [-0.2, 0) is 9.53 Å². The average Bonchev–Trinajstić information content (AvgIpc) is 2.61. The Labute approximate surface area is 150 Å². The Morgan fingerprint density at radius 2 is 1.80 bits per heavy atom. The third kappa shape index (κ3) is 4.45. The molecule has 2 aliphatic rings. The smallest absolute Gasteiger partial charge is 0.256 e. The van der Waals surface area contributed by atoms with Gasteiger partial charge in [-0.25, -0.2) is 8.78 Å². The number of benzene rings is 1. The van der Waals surface area contributed by atoms with Crippen molar-refractivity contribution < 1.29 is 23.1 Å². The van der Waals surface area contributed by atoms with Crippen molar-refractivity contribution in [2.45, 2.75) is 6.04 Å². The molecule has 1 N–H and O–H groups in total. The van der Waals surface area contributed by atoms with Crippen molar-refractivity contribution >= 4 is 24.2 Å². The first-order valence-electron chi connectivity index (χ1n) is 7.90. The Morgan fingerprint density at radius 1 is 1.12 bits per heavy atom. The second-order valence-electron chi connectivity index (χ2n) is 5.82. The first-order chi connectivity index (χ1) is 11.6. The molecule has 6 nitrogen and oxygen atoms in total. The highest BCUT2D eigenvalue weighted by Gasteiger charge is 2.30. The Balaban J connectivity index is 0.00000225. The number of ether oxygens (including phenoxy) is 1. The minimum Gasteiger partial charge on any atom is -0.378 e. The van der Waals surface area contributed by atoms with Gasteiger partial charge in [0, 0.05) is 38.8 Å². The Bertz CT molecular complexity index is 633. The van der Waals surface area contributed by atoms with Gasteiger partial charge >= 0.3 is 0 Å². The third-order valence-corrected chi connectivity index (χ3v) is 4.26. The van der Waals surface area contributed by atoms with Crippen LogP contribution in [0.25, 0.3) is 0 Å². The largest absolute Gasteiger partial charge is 0.378 e. The molecule has 1 aromatic carbocycles. The summed E-state index contributed by atoms with van der Waals surface area (Å²) in [7, 11) is 0. The van der Waals surface area contributed by atoms with E-state index in [1.54, 1.807) is 4.90 Å². The van der Waals surface area contributed by atoms with E-state index in [0.29, 0.717) is 52.0 Å². The van der Waals surface area contributed by atoms with E-state index in [0.717, 1.165) is 12.1 Å². The highest BCUT2D eigenvalue weighted by atomic mass is 35.5. The van der Waals surface area contributed by atoms with Crippen molar-refractivity contribution in [3.8, 4) is 0 Å². The van der Waals surface area contributed by atoms with E-state index in [1.807, 2.05) is 0 Å². The number of hydrogen-bond donors (Lipinski definition) is 1. The summed E-state index contributed by atoms with van der Waals surface area (Å²) >= 11 is 0. The molecule has 0 bridgehead atoms. The van der Waals surface area contributed by atoms with Crippen LogP contribution in [0, 0.1) is 11.6 Å². The summed E-state index contributed by atoms with van der Waals surface area (Å²) in [4.78, 5) is 27.9. The summed E-state index contributed by atoms with van der Waals surface area (Å²) in [5.41, 5.74) is -0.154. The number of nitrogens with zero attached hydrogens (tertiary/aromatic N) is 2. The van der Waals surface area contributed by atoms with Crippen LogP contribution in [0.5, 0.6) is 0 Å². The van der Waals surface area contributed by atoms with Crippen molar-refractivity contribution in [2.24, 2.45) is 0 Å². The molecule has 25 heavy (non-hydrogen) atoms. The molecule has 138 valence electrons. The molecule has 0 spiro atoms. The van der Waals surface area contributed by atoms with Crippen molar-refractivity contribution in [1.29, 1.82) is 0 Å². The van der Waals surface area contributed by atoms with Gasteiger partial charge in [-0.1, -0.05) is 0 Å². The monoisotopic (exact) mass is 375 g/mol. The minimum atomic E-state index is -0.873. The van der Waals surface area contributed by atoms with Crippen molar-refractivity contribution in [1.82, 2.24) is 15.1 Å². The van der Waals surface area contributed by atoms with Crippen LogP contribution in [0.2, 0.25) is 0 Å². The van der Waals surface area contributed by atoms with Crippen LogP contribution in [-0.4, -0.2) is 73.6 Å². The lowest BCUT2D eigenvalue weighted by Crippen LogP contribution is -2.57. The molecule has 3 rings (SSSR count). The zero-order valence-corrected chi connectivity index (χ0v) is 14.4. The summed E-state index contributed by atoms with van der Waals surface area (Å²) in [5.74, 6) is -2.13. The van der Waals surface area contributed by atoms with Gasteiger partial charge in [-0.05, 0) is 12.1 Å². The van der Waals surface area contributed by atoms with Gasteiger partial charge in [0.25, 0.3) is 5.91 Å². The molecule has 2 heterocycles. The summed E-state index contributed by atoms with van der Waals surface area (Å²) in [6, 6.07) is 2.55. The maximum absolute atomic E-state index is 13.7. The maximum Gasteiger partial charge on any atom is 0.256 e. The van der Waals surface area contributed by atoms with Gasteiger partial charge in [-0.2, -0.15) is 0 Å². The van der Waals surface area contributed by atoms with E-state index < -0.39 is 17.5 Å². The van der Waals surface area contributed by atoms with Gasteiger partial charge in [0.1, 0.15) is 17.7 Å². The number of morpholine rings is 1. The summed E-state index contributed by atoms with van der Waals surface area (Å²) in [6.07, 6.45) is 0. The Morgan fingerprint density at radius 3 is 2.40 bits per heavy atom. The van der Waals surface area contributed by atoms with Crippen LogP contribution in [0.3, 0.4) is 0 Å². The lowest BCUT2D eigenvalue weighted by Gasteiger charge is -2.37. The first kappa shape index (κ1) is 19.6. The highest BCUT2D eigenvalue weighted by molar-refractivity contribution is 5.94. The molecule has 2 amide bonds. The van der Waals surface area contributed by atoms with Gasteiger partial charge in [-0.15, -0.1) is 12.4 Å². The SMILES string of the molecule is Cl.O=C(c1ccc(F)cc1F)N1CCN(C(=O)C2COCCN2)CC1. The fourth-order valence-corrected chi connectivity index (χ4v) is 2.91. The molecule has 2 saturated heterocycles. The Hall–Kier alpha value is -1.77. The topological polar surface area (TPSA) is 61.9 Å². The second kappa shape index (κ2) is 8.55. The molecule has 1 aromatic rings. The number of piperazine rings is 1. The average molecular weight is 376 g/mol. The quantitative estimate of drug-likeness (QED) is 0.825. The number of carbonyl (C=O) groups is 2. The number of rotatable bonds is 2. The van der Waals surface area contributed by atoms with Crippen molar-refractivity contribution in [3.05, 3.63) is 35.4 Å². The number of carbonyl (C=O) groups excluding carboxylic acids is 2.